The molecule has 174 valence electrons. The largest absolute Gasteiger partial charge is 0.454 e. The van der Waals surface area contributed by atoms with Crippen LogP contribution in [0.4, 0.5) is 4.79 Å². The highest BCUT2D eigenvalue weighted by Gasteiger charge is 2.48. The molecule has 9 heteroatoms. The molecule has 3 heterocycles. The highest BCUT2D eigenvalue weighted by atomic mass is 16.7. The third-order valence-electron chi connectivity index (χ3n) is 6.32. The molecule has 1 aromatic rings. The van der Waals surface area contributed by atoms with E-state index in [0.717, 1.165) is 12.0 Å². The number of carbonyl (C=O) groups excluding carboxylic acids is 3. The number of imide groups is 1. The predicted molar refractivity (Wildman–Crippen MR) is 117 cm³/mol. The number of rotatable bonds is 6. The van der Waals surface area contributed by atoms with Crippen LogP contribution in [0.15, 0.2) is 18.2 Å². The second-order valence-electron chi connectivity index (χ2n) is 9.15. The van der Waals surface area contributed by atoms with E-state index >= 15 is 0 Å². The summed E-state index contributed by atoms with van der Waals surface area (Å²) in [6.07, 6.45) is 1.55. The fourth-order valence-electron chi connectivity index (χ4n) is 4.97. The van der Waals surface area contributed by atoms with Crippen molar-refractivity contribution >= 4 is 17.8 Å². The van der Waals surface area contributed by atoms with Gasteiger partial charge in [-0.2, -0.15) is 0 Å². The van der Waals surface area contributed by atoms with E-state index in [4.69, 9.17) is 9.47 Å². The first-order valence-electron chi connectivity index (χ1n) is 11.3. The first-order chi connectivity index (χ1) is 15.3. The van der Waals surface area contributed by atoms with Crippen molar-refractivity contribution in [3.05, 3.63) is 23.8 Å². The number of piperidine rings is 1. The molecule has 3 aliphatic heterocycles. The SMILES string of the molecule is CC(C)N(C(=O)CN1C(=O)N(Cc2ccc3c(c2)OCO3)C(=O)C2NCCCC21)C(C)C. The number of nitrogens with zero attached hydrogens (tertiary/aromatic N) is 3. The third kappa shape index (κ3) is 4.13. The van der Waals surface area contributed by atoms with E-state index in [1.165, 1.54) is 4.90 Å². The van der Waals surface area contributed by atoms with Crippen molar-refractivity contribution in [1.29, 1.82) is 0 Å². The summed E-state index contributed by atoms with van der Waals surface area (Å²) in [7, 11) is 0. The van der Waals surface area contributed by atoms with Gasteiger partial charge in [-0.05, 0) is 64.8 Å². The van der Waals surface area contributed by atoms with E-state index in [9.17, 15) is 14.4 Å². The molecular formula is C23H32N4O5. The number of benzene rings is 1. The van der Waals surface area contributed by atoms with E-state index in [1.807, 2.05) is 33.8 Å². The number of amides is 4. The Labute approximate surface area is 188 Å². The van der Waals surface area contributed by atoms with Crippen molar-refractivity contribution in [1.82, 2.24) is 20.0 Å². The topological polar surface area (TPSA) is 91.4 Å². The lowest BCUT2D eigenvalue weighted by Crippen LogP contribution is -2.70. The summed E-state index contributed by atoms with van der Waals surface area (Å²) in [4.78, 5) is 44.6. The molecule has 2 unspecified atom stereocenters. The Bertz CT molecular complexity index is 894. The van der Waals surface area contributed by atoms with E-state index in [2.05, 4.69) is 5.32 Å². The van der Waals surface area contributed by atoms with Gasteiger partial charge in [0.15, 0.2) is 11.5 Å². The van der Waals surface area contributed by atoms with Gasteiger partial charge in [-0.15, -0.1) is 0 Å². The van der Waals surface area contributed by atoms with Gasteiger partial charge in [0.2, 0.25) is 18.6 Å². The molecule has 0 spiro atoms. The van der Waals surface area contributed by atoms with Gasteiger partial charge >= 0.3 is 6.03 Å². The maximum atomic E-state index is 13.5. The Morgan fingerprint density at radius 2 is 1.88 bits per heavy atom. The molecule has 0 saturated carbocycles. The molecule has 3 aliphatic rings. The number of urea groups is 1. The van der Waals surface area contributed by atoms with E-state index in [-0.39, 0.29) is 49.8 Å². The van der Waals surface area contributed by atoms with Crippen LogP contribution in [0.2, 0.25) is 0 Å². The molecule has 4 amide bonds. The number of fused-ring (bicyclic) bond motifs is 2. The third-order valence-corrected chi connectivity index (χ3v) is 6.32. The zero-order chi connectivity index (χ0) is 23.0. The molecule has 2 atom stereocenters. The average Bonchev–Trinajstić information content (AvgIpc) is 3.21. The van der Waals surface area contributed by atoms with Crippen molar-refractivity contribution in [3.63, 3.8) is 0 Å². The smallest absolute Gasteiger partial charge is 0.327 e. The Morgan fingerprint density at radius 3 is 2.59 bits per heavy atom. The molecule has 9 nitrogen and oxygen atoms in total. The number of hydrogen-bond donors (Lipinski definition) is 1. The summed E-state index contributed by atoms with van der Waals surface area (Å²) in [6, 6.07) is 4.20. The van der Waals surface area contributed by atoms with Gasteiger partial charge in [-0.25, -0.2) is 4.79 Å². The van der Waals surface area contributed by atoms with Gasteiger partial charge in [0.05, 0.1) is 12.6 Å². The number of nitrogens with one attached hydrogen (secondary N) is 1. The number of carbonyl (C=O) groups is 3. The first-order valence-corrected chi connectivity index (χ1v) is 11.3. The first kappa shape index (κ1) is 22.4. The van der Waals surface area contributed by atoms with Crippen molar-refractivity contribution < 1.29 is 23.9 Å². The summed E-state index contributed by atoms with van der Waals surface area (Å²) in [5, 5.41) is 3.27. The highest BCUT2D eigenvalue weighted by molar-refractivity contribution is 6.01. The van der Waals surface area contributed by atoms with Crippen LogP contribution in [0.25, 0.3) is 0 Å². The van der Waals surface area contributed by atoms with Gasteiger partial charge < -0.3 is 24.6 Å². The molecule has 32 heavy (non-hydrogen) atoms. The van der Waals surface area contributed by atoms with Crippen LogP contribution >= 0.6 is 0 Å². The van der Waals surface area contributed by atoms with Crippen LogP contribution < -0.4 is 14.8 Å². The molecule has 0 aliphatic carbocycles. The zero-order valence-electron chi connectivity index (χ0n) is 19.2. The molecular weight excluding hydrogens is 412 g/mol. The van der Waals surface area contributed by atoms with Crippen LogP contribution in [0.1, 0.15) is 46.1 Å². The Morgan fingerprint density at radius 1 is 1.16 bits per heavy atom. The molecule has 2 fully saturated rings. The summed E-state index contributed by atoms with van der Waals surface area (Å²) in [6.45, 7) is 8.82. The van der Waals surface area contributed by atoms with Crippen LogP contribution in [-0.4, -0.2) is 76.6 Å². The van der Waals surface area contributed by atoms with Gasteiger partial charge in [-0.1, -0.05) is 6.07 Å². The van der Waals surface area contributed by atoms with E-state index < -0.39 is 12.1 Å². The van der Waals surface area contributed by atoms with Gasteiger partial charge in [0, 0.05) is 12.1 Å². The number of hydrogen-bond acceptors (Lipinski definition) is 6. The summed E-state index contributed by atoms with van der Waals surface area (Å²) < 4.78 is 10.8. The maximum absolute atomic E-state index is 13.5. The lowest BCUT2D eigenvalue weighted by atomic mass is 9.93. The second-order valence-corrected chi connectivity index (χ2v) is 9.15. The van der Waals surface area contributed by atoms with Crippen LogP contribution in [0.3, 0.4) is 0 Å². The fourth-order valence-corrected chi connectivity index (χ4v) is 4.97. The monoisotopic (exact) mass is 444 g/mol. The molecule has 4 rings (SSSR count). The van der Waals surface area contributed by atoms with Gasteiger partial charge in [0.1, 0.15) is 12.6 Å². The van der Waals surface area contributed by atoms with Crippen LogP contribution in [0, 0.1) is 0 Å². The highest BCUT2D eigenvalue weighted by Crippen LogP contribution is 2.33. The van der Waals surface area contributed by atoms with Gasteiger partial charge in [-0.3, -0.25) is 14.5 Å². The Kier molecular flexibility index (Phi) is 6.28. The fraction of sp³-hybridized carbons (Fsp3) is 0.609. The maximum Gasteiger partial charge on any atom is 0.327 e. The molecule has 0 radical (unpaired) electrons. The van der Waals surface area contributed by atoms with Crippen molar-refractivity contribution in [2.75, 3.05) is 19.9 Å². The minimum Gasteiger partial charge on any atom is -0.454 e. The Hall–Kier alpha value is -2.81. The Balaban J connectivity index is 1.58. The molecule has 0 aromatic heterocycles. The normalized spacial score (nSPS) is 22.6. The summed E-state index contributed by atoms with van der Waals surface area (Å²) in [5.74, 6) is 0.897. The van der Waals surface area contributed by atoms with Crippen molar-refractivity contribution in [2.24, 2.45) is 0 Å². The molecule has 0 bridgehead atoms. The van der Waals surface area contributed by atoms with E-state index in [0.29, 0.717) is 24.5 Å². The van der Waals surface area contributed by atoms with Crippen molar-refractivity contribution in [3.8, 4) is 11.5 Å². The molecule has 2 saturated heterocycles. The molecule has 1 aromatic carbocycles. The standard InChI is InChI=1S/C23H32N4O5/c1-14(2)27(15(3)4)20(28)12-25-17-6-5-9-24-21(17)22(29)26(23(25)30)11-16-7-8-18-19(10-16)32-13-31-18/h7-8,10,14-15,17,21,24H,5-6,9,11-13H2,1-4H3. The quantitative estimate of drug-likeness (QED) is 0.721. The zero-order valence-corrected chi connectivity index (χ0v) is 19.2. The minimum absolute atomic E-state index is 0.0223. The summed E-state index contributed by atoms with van der Waals surface area (Å²) in [5.41, 5.74) is 0.766. The summed E-state index contributed by atoms with van der Waals surface area (Å²) >= 11 is 0. The second kappa shape index (κ2) is 8.97. The van der Waals surface area contributed by atoms with E-state index in [1.54, 1.807) is 21.9 Å². The predicted octanol–water partition coefficient (Wildman–Crippen LogP) is 1.95. The number of ether oxygens (including phenoxy) is 2. The average molecular weight is 445 g/mol. The lowest BCUT2D eigenvalue weighted by molar-refractivity contribution is -0.143. The van der Waals surface area contributed by atoms with Crippen LogP contribution in [0.5, 0.6) is 11.5 Å². The van der Waals surface area contributed by atoms with Gasteiger partial charge in [0.25, 0.3) is 0 Å². The molecule has 1 N–H and O–H groups in total. The lowest BCUT2D eigenvalue weighted by Gasteiger charge is -2.47. The van der Waals surface area contributed by atoms with Crippen LogP contribution in [-0.2, 0) is 16.1 Å². The van der Waals surface area contributed by atoms with Crippen molar-refractivity contribution in [2.45, 2.75) is 71.2 Å². The minimum atomic E-state index is -0.505.